The molecule has 2 aromatic rings. The zero-order chi connectivity index (χ0) is 23.7. The van der Waals surface area contributed by atoms with Gasteiger partial charge in [-0.25, -0.2) is 17.9 Å². The number of aliphatic imine (C=N–C) groups is 1. The molecule has 2 aromatic carbocycles. The van der Waals surface area contributed by atoms with Gasteiger partial charge in [-0.3, -0.25) is 0 Å². The van der Waals surface area contributed by atoms with Crippen LogP contribution in [0.2, 0.25) is 5.02 Å². The molecule has 0 bridgehead atoms. The van der Waals surface area contributed by atoms with E-state index in [-0.39, 0.29) is 13.0 Å². The largest absolute Gasteiger partial charge is 0.416 e. The molecule has 1 aliphatic heterocycles. The van der Waals surface area contributed by atoms with Crippen LogP contribution in [0.3, 0.4) is 0 Å². The number of halogens is 4. The maximum Gasteiger partial charge on any atom is 0.416 e. The van der Waals surface area contributed by atoms with Gasteiger partial charge < -0.3 is 5.32 Å². The van der Waals surface area contributed by atoms with Crippen molar-refractivity contribution in [2.75, 3.05) is 0 Å². The molecule has 1 aliphatic rings. The number of nitrogens with zero attached hydrogens (tertiary/aromatic N) is 1. The van der Waals surface area contributed by atoms with Crippen molar-refractivity contribution in [1.29, 1.82) is 0 Å². The van der Waals surface area contributed by atoms with Gasteiger partial charge in [-0.2, -0.15) is 18.2 Å². The van der Waals surface area contributed by atoms with Gasteiger partial charge in [-0.1, -0.05) is 29.8 Å². The van der Waals surface area contributed by atoms with E-state index in [1.807, 2.05) is 0 Å². The van der Waals surface area contributed by atoms with Gasteiger partial charge in [0.05, 0.1) is 22.6 Å². The van der Waals surface area contributed by atoms with Crippen molar-refractivity contribution in [3.05, 3.63) is 69.7 Å². The van der Waals surface area contributed by atoms with Crippen molar-refractivity contribution in [2.24, 2.45) is 4.99 Å². The zero-order valence-corrected chi connectivity index (χ0v) is 18.8. The Morgan fingerprint density at radius 3 is 2.44 bits per heavy atom. The van der Waals surface area contributed by atoms with E-state index in [0.717, 1.165) is 12.1 Å². The first-order valence-electron chi connectivity index (χ1n) is 9.69. The molecule has 172 valence electrons. The van der Waals surface area contributed by atoms with Gasteiger partial charge >= 0.3 is 12.2 Å². The maximum atomic E-state index is 12.8. The van der Waals surface area contributed by atoms with E-state index in [9.17, 15) is 26.4 Å². The summed E-state index contributed by atoms with van der Waals surface area (Å²) in [4.78, 5) is 16.2. The van der Waals surface area contributed by atoms with Crippen LogP contribution in [-0.4, -0.2) is 25.4 Å². The Labute approximate surface area is 188 Å². The Kier molecular flexibility index (Phi) is 6.97. The molecule has 1 unspecified atom stereocenters. The van der Waals surface area contributed by atoms with E-state index >= 15 is 0 Å². The second kappa shape index (κ2) is 9.21. The molecule has 0 saturated heterocycles. The minimum absolute atomic E-state index is 0.0342. The number of carbonyl (C=O) groups excluding carboxylic acids is 1. The van der Waals surface area contributed by atoms with E-state index in [1.54, 1.807) is 32.0 Å². The summed E-state index contributed by atoms with van der Waals surface area (Å²) >= 11 is 6.31. The summed E-state index contributed by atoms with van der Waals surface area (Å²) < 4.78 is 65.0. The van der Waals surface area contributed by atoms with Crippen LogP contribution in [-0.2, 0) is 22.7 Å². The number of carbonyl (C=O) groups is 1. The van der Waals surface area contributed by atoms with Gasteiger partial charge in [0.1, 0.15) is 0 Å². The third kappa shape index (κ3) is 5.67. The Morgan fingerprint density at radius 2 is 1.84 bits per heavy atom. The van der Waals surface area contributed by atoms with Gasteiger partial charge in [0.25, 0.3) is 0 Å². The Morgan fingerprint density at radius 1 is 1.19 bits per heavy atom. The third-order valence-electron chi connectivity index (χ3n) is 5.01. The number of sulfonamides is 1. The average molecular weight is 488 g/mol. The van der Waals surface area contributed by atoms with Crippen LogP contribution in [0, 0.1) is 0 Å². The fourth-order valence-corrected chi connectivity index (χ4v) is 4.05. The lowest BCUT2D eigenvalue weighted by Crippen LogP contribution is -2.34. The first kappa shape index (κ1) is 24.2. The predicted molar refractivity (Wildman–Crippen MR) is 116 cm³/mol. The predicted octanol–water partition coefficient (Wildman–Crippen LogP) is 4.83. The standard InChI is InChI=1S/C21H21ClF3N3O3S/c1-12(2)32(30,31)26-11-13-3-8-17(22)16(9-13)19-10-18(27-20(29)28-19)14-4-6-15(7-5-14)21(23,24)25/h3-9,12,18,26H,10-11H2,1-2H3,(H,27,29). The highest BCUT2D eigenvalue weighted by Gasteiger charge is 2.31. The number of alkyl halides is 3. The Balaban J connectivity index is 1.84. The average Bonchev–Trinajstić information content (AvgIpc) is 2.72. The van der Waals surface area contributed by atoms with Gasteiger partial charge in [0.15, 0.2) is 0 Å². The summed E-state index contributed by atoms with van der Waals surface area (Å²) in [5.41, 5.74) is 1.15. The fourth-order valence-electron chi connectivity index (χ4n) is 3.12. The third-order valence-corrected chi connectivity index (χ3v) is 7.13. The van der Waals surface area contributed by atoms with E-state index in [0.29, 0.717) is 27.4 Å². The molecule has 6 nitrogen and oxygen atoms in total. The lowest BCUT2D eigenvalue weighted by atomic mass is 9.94. The molecule has 0 aromatic heterocycles. The number of urea groups is 1. The summed E-state index contributed by atoms with van der Waals surface area (Å²) in [5, 5.41) is 2.37. The van der Waals surface area contributed by atoms with Gasteiger partial charge in [-0.05, 0) is 49.2 Å². The molecule has 3 rings (SSSR count). The summed E-state index contributed by atoms with van der Waals surface area (Å²) in [7, 11) is -3.47. The molecule has 0 aliphatic carbocycles. The summed E-state index contributed by atoms with van der Waals surface area (Å²) in [6, 6.07) is 8.21. The molecule has 2 amide bonds. The number of benzene rings is 2. The smallest absolute Gasteiger partial charge is 0.329 e. The highest BCUT2D eigenvalue weighted by atomic mass is 35.5. The Hall–Kier alpha value is -2.43. The molecule has 11 heteroatoms. The van der Waals surface area contributed by atoms with Gasteiger partial charge in [-0.15, -0.1) is 0 Å². The molecular weight excluding hydrogens is 467 g/mol. The van der Waals surface area contributed by atoms with Crippen LogP contribution < -0.4 is 10.0 Å². The highest BCUT2D eigenvalue weighted by Crippen LogP contribution is 2.32. The van der Waals surface area contributed by atoms with Crippen LogP contribution in [0.15, 0.2) is 47.5 Å². The van der Waals surface area contributed by atoms with E-state index in [1.165, 1.54) is 12.1 Å². The zero-order valence-electron chi connectivity index (χ0n) is 17.2. The lowest BCUT2D eigenvalue weighted by molar-refractivity contribution is -0.137. The second-order valence-corrected chi connectivity index (χ2v) is 10.3. The minimum Gasteiger partial charge on any atom is -0.329 e. The molecule has 2 N–H and O–H groups in total. The molecule has 1 heterocycles. The van der Waals surface area contributed by atoms with Crippen molar-refractivity contribution in [3.63, 3.8) is 0 Å². The summed E-state index contributed by atoms with van der Waals surface area (Å²) in [6.45, 7) is 3.16. The molecular formula is C21H21ClF3N3O3S. The normalized spacial score (nSPS) is 17.3. The molecule has 0 saturated carbocycles. The topological polar surface area (TPSA) is 87.6 Å². The van der Waals surface area contributed by atoms with Crippen molar-refractivity contribution in [3.8, 4) is 0 Å². The number of hydrogen-bond donors (Lipinski definition) is 2. The quantitative estimate of drug-likeness (QED) is 0.611. The monoisotopic (exact) mass is 487 g/mol. The number of nitrogens with one attached hydrogen (secondary N) is 2. The van der Waals surface area contributed by atoms with Crippen molar-refractivity contribution in [1.82, 2.24) is 10.0 Å². The molecule has 1 atom stereocenters. The number of amides is 2. The summed E-state index contributed by atoms with van der Waals surface area (Å²) in [6.07, 6.45) is -4.25. The number of hydrogen-bond acceptors (Lipinski definition) is 3. The summed E-state index contributed by atoms with van der Waals surface area (Å²) in [5.74, 6) is 0. The van der Waals surface area contributed by atoms with Crippen molar-refractivity contribution >= 4 is 33.4 Å². The lowest BCUT2D eigenvalue weighted by Gasteiger charge is -2.24. The van der Waals surface area contributed by atoms with Crippen LogP contribution in [0.5, 0.6) is 0 Å². The minimum atomic E-state index is -4.45. The molecule has 0 fully saturated rings. The SMILES string of the molecule is CC(C)S(=O)(=O)NCc1ccc(Cl)c(C2=NC(=O)NC(c3ccc(C(F)(F)F)cc3)C2)c1. The first-order valence-corrected chi connectivity index (χ1v) is 11.6. The van der Waals surface area contributed by atoms with Crippen LogP contribution in [0.25, 0.3) is 0 Å². The van der Waals surface area contributed by atoms with Crippen molar-refractivity contribution in [2.45, 2.75) is 44.3 Å². The van der Waals surface area contributed by atoms with Gasteiger partial charge in [0, 0.05) is 23.6 Å². The fraction of sp³-hybridized carbons (Fsp3) is 0.333. The van der Waals surface area contributed by atoms with Gasteiger partial charge in [0.2, 0.25) is 10.0 Å². The molecule has 0 spiro atoms. The van der Waals surface area contributed by atoms with E-state index < -0.39 is 39.1 Å². The molecule has 32 heavy (non-hydrogen) atoms. The van der Waals surface area contributed by atoms with E-state index in [2.05, 4.69) is 15.0 Å². The van der Waals surface area contributed by atoms with Crippen molar-refractivity contribution < 1.29 is 26.4 Å². The molecule has 0 radical (unpaired) electrons. The van der Waals surface area contributed by atoms with Crippen LogP contribution >= 0.6 is 11.6 Å². The van der Waals surface area contributed by atoms with E-state index in [4.69, 9.17) is 11.6 Å². The Bertz CT molecular complexity index is 1150. The highest BCUT2D eigenvalue weighted by molar-refractivity contribution is 7.90. The van der Waals surface area contributed by atoms with Crippen LogP contribution in [0.1, 0.15) is 48.6 Å². The van der Waals surface area contributed by atoms with Crippen LogP contribution in [0.4, 0.5) is 18.0 Å². The second-order valence-electron chi connectivity index (χ2n) is 7.61. The number of rotatable bonds is 6. The first-order chi connectivity index (χ1) is 14.9. The maximum absolute atomic E-state index is 12.8.